The van der Waals surface area contributed by atoms with E-state index in [1.54, 1.807) is 18.9 Å². The number of nitrogens with one attached hydrogen (secondary N) is 1. The van der Waals surface area contributed by atoms with E-state index in [1.165, 1.54) is 4.90 Å². The van der Waals surface area contributed by atoms with Crippen LogP contribution in [0, 0.1) is 4.77 Å². The van der Waals surface area contributed by atoms with Crippen LogP contribution in [-0.2, 0) is 0 Å². The Balaban J connectivity index is 2.25. The van der Waals surface area contributed by atoms with Crippen LogP contribution in [0.5, 0.6) is 5.75 Å². The maximum atomic E-state index is 5.45. The molecule has 0 aliphatic rings. The van der Waals surface area contributed by atoms with Crippen molar-refractivity contribution < 1.29 is 4.74 Å². The predicted molar refractivity (Wildman–Crippen MR) is 86.8 cm³/mol. The number of H-pyrrole nitrogens is 1. The van der Waals surface area contributed by atoms with Gasteiger partial charge in [0.1, 0.15) is 11.3 Å². The SMILES string of the molecule is COc1cccc2c1[nH]c(=S)n2-c1ccc(SC)cc1. The van der Waals surface area contributed by atoms with Crippen LogP contribution < -0.4 is 4.74 Å². The summed E-state index contributed by atoms with van der Waals surface area (Å²) in [6.07, 6.45) is 2.07. The van der Waals surface area contributed by atoms with Crippen LogP contribution in [-0.4, -0.2) is 22.9 Å². The molecule has 1 aromatic heterocycles. The first kappa shape index (κ1) is 13.3. The Labute approximate surface area is 126 Å². The normalized spacial score (nSPS) is 10.9. The summed E-state index contributed by atoms with van der Waals surface area (Å²) >= 11 is 7.18. The van der Waals surface area contributed by atoms with Gasteiger partial charge in [0.05, 0.1) is 12.6 Å². The first-order chi connectivity index (χ1) is 9.74. The van der Waals surface area contributed by atoms with Crippen molar-refractivity contribution in [2.45, 2.75) is 4.90 Å². The maximum Gasteiger partial charge on any atom is 0.182 e. The summed E-state index contributed by atoms with van der Waals surface area (Å²) in [6, 6.07) is 14.3. The molecule has 0 unspecified atom stereocenters. The smallest absolute Gasteiger partial charge is 0.182 e. The van der Waals surface area contributed by atoms with Gasteiger partial charge in [0.15, 0.2) is 4.77 Å². The molecule has 3 aromatic rings. The molecule has 3 rings (SSSR count). The molecule has 0 saturated heterocycles. The Morgan fingerprint density at radius 3 is 2.55 bits per heavy atom. The van der Waals surface area contributed by atoms with Gasteiger partial charge >= 0.3 is 0 Å². The minimum Gasteiger partial charge on any atom is -0.494 e. The average molecular weight is 302 g/mol. The number of fused-ring (bicyclic) bond motifs is 1. The molecule has 0 fully saturated rings. The minimum absolute atomic E-state index is 0.668. The van der Waals surface area contributed by atoms with Crippen LogP contribution in [0.2, 0.25) is 0 Å². The topological polar surface area (TPSA) is 29.9 Å². The van der Waals surface area contributed by atoms with E-state index in [0.717, 1.165) is 22.5 Å². The molecule has 2 aromatic carbocycles. The molecule has 5 heteroatoms. The van der Waals surface area contributed by atoms with Gasteiger partial charge in [-0.25, -0.2) is 0 Å². The molecule has 1 heterocycles. The van der Waals surface area contributed by atoms with Gasteiger partial charge in [0.2, 0.25) is 0 Å². The molecular weight excluding hydrogens is 288 g/mol. The molecule has 0 radical (unpaired) electrons. The third-order valence-corrected chi connectivity index (χ3v) is 4.26. The van der Waals surface area contributed by atoms with Crippen molar-refractivity contribution in [1.82, 2.24) is 9.55 Å². The third kappa shape index (κ3) is 2.13. The van der Waals surface area contributed by atoms with Crippen molar-refractivity contribution in [2.24, 2.45) is 0 Å². The summed E-state index contributed by atoms with van der Waals surface area (Å²) in [5, 5.41) is 0. The Hall–Kier alpha value is -1.72. The lowest BCUT2D eigenvalue weighted by molar-refractivity contribution is 0.419. The van der Waals surface area contributed by atoms with Gasteiger partial charge in [0, 0.05) is 10.6 Å². The van der Waals surface area contributed by atoms with Crippen molar-refractivity contribution in [2.75, 3.05) is 13.4 Å². The van der Waals surface area contributed by atoms with Crippen LogP contribution >= 0.6 is 24.0 Å². The molecule has 1 N–H and O–H groups in total. The molecule has 0 bridgehead atoms. The van der Waals surface area contributed by atoms with E-state index >= 15 is 0 Å². The molecule has 0 aliphatic carbocycles. The predicted octanol–water partition coefficient (Wildman–Crippen LogP) is 4.42. The second-order valence-corrected chi connectivity index (χ2v) is 5.58. The monoisotopic (exact) mass is 302 g/mol. The number of imidazole rings is 1. The highest BCUT2D eigenvalue weighted by Gasteiger charge is 2.10. The summed E-state index contributed by atoms with van der Waals surface area (Å²) in [7, 11) is 1.66. The number of aromatic amines is 1. The maximum absolute atomic E-state index is 5.45. The average Bonchev–Trinajstić information content (AvgIpc) is 2.83. The van der Waals surface area contributed by atoms with Crippen molar-refractivity contribution >= 4 is 35.0 Å². The summed E-state index contributed by atoms with van der Waals surface area (Å²) in [5.74, 6) is 0.799. The number of benzene rings is 2. The number of ether oxygens (including phenoxy) is 1. The van der Waals surface area contributed by atoms with Gasteiger partial charge in [-0.3, -0.25) is 4.57 Å². The van der Waals surface area contributed by atoms with Crippen LogP contribution in [0.1, 0.15) is 0 Å². The van der Waals surface area contributed by atoms with E-state index in [9.17, 15) is 0 Å². The quantitative estimate of drug-likeness (QED) is 0.574. The molecule has 0 spiro atoms. The van der Waals surface area contributed by atoms with Crippen LogP contribution in [0.3, 0.4) is 0 Å². The lowest BCUT2D eigenvalue weighted by Gasteiger charge is -2.06. The van der Waals surface area contributed by atoms with E-state index in [-0.39, 0.29) is 0 Å². The molecule has 102 valence electrons. The largest absolute Gasteiger partial charge is 0.494 e. The van der Waals surface area contributed by atoms with Gasteiger partial charge < -0.3 is 9.72 Å². The number of methoxy groups -OCH3 is 1. The Morgan fingerprint density at radius 2 is 1.90 bits per heavy atom. The Morgan fingerprint density at radius 1 is 1.15 bits per heavy atom. The molecule has 0 atom stereocenters. The van der Waals surface area contributed by atoms with Crippen molar-refractivity contribution in [3.63, 3.8) is 0 Å². The molecule has 20 heavy (non-hydrogen) atoms. The summed E-state index contributed by atoms with van der Waals surface area (Å²) in [4.78, 5) is 4.46. The number of thioether (sulfide) groups is 1. The summed E-state index contributed by atoms with van der Waals surface area (Å²) < 4.78 is 8.07. The lowest BCUT2D eigenvalue weighted by atomic mass is 10.2. The van der Waals surface area contributed by atoms with E-state index in [4.69, 9.17) is 17.0 Å². The van der Waals surface area contributed by atoms with E-state index in [0.29, 0.717) is 4.77 Å². The summed E-state index contributed by atoms with van der Waals surface area (Å²) in [6.45, 7) is 0. The number of hydrogen-bond donors (Lipinski definition) is 1. The third-order valence-electron chi connectivity index (χ3n) is 3.23. The van der Waals surface area contributed by atoms with Crippen LogP contribution in [0.15, 0.2) is 47.4 Å². The highest BCUT2D eigenvalue weighted by atomic mass is 32.2. The molecule has 3 nitrogen and oxygen atoms in total. The second kappa shape index (κ2) is 5.34. The first-order valence-corrected chi connectivity index (χ1v) is 7.80. The fourth-order valence-corrected chi connectivity index (χ4v) is 2.98. The molecule has 0 saturated carbocycles. The number of para-hydroxylation sites is 1. The van der Waals surface area contributed by atoms with Gasteiger partial charge in [-0.1, -0.05) is 6.07 Å². The highest BCUT2D eigenvalue weighted by Crippen LogP contribution is 2.27. The molecule has 0 aliphatic heterocycles. The number of aromatic nitrogens is 2. The van der Waals surface area contributed by atoms with Gasteiger partial charge in [-0.05, 0) is 54.9 Å². The zero-order chi connectivity index (χ0) is 14.1. The molecular formula is C15H14N2OS2. The van der Waals surface area contributed by atoms with Gasteiger partial charge in [-0.2, -0.15) is 0 Å². The van der Waals surface area contributed by atoms with Crippen molar-refractivity contribution in [3.05, 3.63) is 47.2 Å². The summed E-state index contributed by atoms with van der Waals surface area (Å²) in [5.41, 5.74) is 2.99. The number of hydrogen-bond acceptors (Lipinski definition) is 3. The van der Waals surface area contributed by atoms with Gasteiger partial charge in [0.25, 0.3) is 0 Å². The Bertz CT molecular complexity index is 803. The number of nitrogens with zero attached hydrogens (tertiary/aromatic N) is 1. The van der Waals surface area contributed by atoms with Crippen LogP contribution in [0.25, 0.3) is 16.7 Å². The molecule has 0 amide bonds. The second-order valence-electron chi connectivity index (χ2n) is 4.32. The van der Waals surface area contributed by atoms with Crippen molar-refractivity contribution in [3.8, 4) is 11.4 Å². The van der Waals surface area contributed by atoms with E-state index < -0.39 is 0 Å². The zero-order valence-corrected chi connectivity index (χ0v) is 12.8. The zero-order valence-electron chi connectivity index (χ0n) is 11.2. The first-order valence-electron chi connectivity index (χ1n) is 6.17. The van der Waals surface area contributed by atoms with E-state index in [2.05, 4.69) is 35.5 Å². The Kier molecular flexibility index (Phi) is 3.54. The van der Waals surface area contributed by atoms with Crippen molar-refractivity contribution in [1.29, 1.82) is 0 Å². The minimum atomic E-state index is 0.668. The number of rotatable bonds is 3. The van der Waals surface area contributed by atoms with E-state index in [1.807, 2.05) is 22.8 Å². The fourth-order valence-electron chi connectivity index (χ4n) is 2.26. The van der Waals surface area contributed by atoms with Gasteiger partial charge in [-0.15, -0.1) is 11.8 Å². The fraction of sp³-hybridized carbons (Fsp3) is 0.133. The standard InChI is InChI=1S/C15H14N2OS2/c1-18-13-5-3-4-12-14(13)16-15(19)17(12)10-6-8-11(20-2)9-7-10/h3-9H,1-2H3,(H,16,19). The highest BCUT2D eigenvalue weighted by molar-refractivity contribution is 7.98. The van der Waals surface area contributed by atoms with Crippen LogP contribution in [0.4, 0.5) is 0 Å². The lowest BCUT2D eigenvalue weighted by Crippen LogP contribution is -1.93.